The second-order valence-corrected chi connectivity index (χ2v) is 7.61. The van der Waals surface area contributed by atoms with Gasteiger partial charge in [-0.3, -0.25) is 9.89 Å². The number of rotatable bonds is 5. The molecule has 0 spiro atoms. The zero-order valence-corrected chi connectivity index (χ0v) is 17.2. The third kappa shape index (κ3) is 3.30. The van der Waals surface area contributed by atoms with Crippen LogP contribution in [0.1, 0.15) is 42.3 Å². The van der Waals surface area contributed by atoms with Crippen molar-refractivity contribution in [3.05, 3.63) is 94.0 Å². The molecule has 2 heterocycles. The minimum Gasteiger partial charge on any atom is -0.462 e. The van der Waals surface area contributed by atoms with Gasteiger partial charge in [0.2, 0.25) is 0 Å². The summed E-state index contributed by atoms with van der Waals surface area (Å²) >= 11 is 0. The van der Waals surface area contributed by atoms with E-state index < -0.39 is 11.5 Å². The predicted molar refractivity (Wildman–Crippen MR) is 116 cm³/mol. The zero-order chi connectivity index (χ0) is 21.3. The van der Waals surface area contributed by atoms with Crippen LogP contribution in [0.15, 0.2) is 71.8 Å². The summed E-state index contributed by atoms with van der Waals surface area (Å²) in [6, 6.07) is 18.6. The lowest BCUT2D eigenvalue weighted by Crippen LogP contribution is -2.24. The van der Waals surface area contributed by atoms with Crippen molar-refractivity contribution in [1.82, 2.24) is 14.6 Å². The number of ether oxygens (including phenoxy) is 1. The van der Waals surface area contributed by atoms with E-state index >= 15 is 0 Å². The molecule has 1 N–H and O–H groups in total. The summed E-state index contributed by atoms with van der Waals surface area (Å²) in [6.45, 7) is 6.28. The third-order valence-electron chi connectivity index (χ3n) is 5.45. The van der Waals surface area contributed by atoms with Gasteiger partial charge in [0.05, 0.1) is 6.61 Å². The summed E-state index contributed by atoms with van der Waals surface area (Å²) in [5.74, 6) is -0.673. The second-order valence-electron chi connectivity index (χ2n) is 7.61. The van der Waals surface area contributed by atoms with Crippen molar-refractivity contribution in [2.45, 2.75) is 26.2 Å². The lowest BCUT2D eigenvalue weighted by Gasteiger charge is -2.26. The molecule has 0 unspecified atom stereocenters. The van der Waals surface area contributed by atoms with Crippen LogP contribution in [0, 0.1) is 0 Å². The van der Waals surface area contributed by atoms with Gasteiger partial charge >= 0.3 is 5.97 Å². The summed E-state index contributed by atoms with van der Waals surface area (Å²) in [5, 5.41) is 2.90. The molecule has 6 heteroatoms. The molecular weight excluding hydrogens is 378 g/mol. The van der Waals surface area contributed by atoms with Crippen molar-refractivity contribution in [3.8, 4) is 11.1 Å². The monoisotopic (exact) mass is 401 g/mol. The van der Waals surface area contributed by atoms with Crippen LogP contribution in [0.2, 0.25) is 0 Å². The Morgan fingerprint density at radius 3 is 2.40 bits per heavy atom. The third-order valence-corrected chi connectivity index (χ3v) is 5.45. The number of H-pyrrole nitrogens is 1. The first kappa shape index (κ1) is 19.6. The molecule has 0 saturated heterocycles. The first-order valence-electron chi connectivity index (χ1n) is 9.86. The normalized spacial score (nSPS) is 11.6. The number of aromatic nitrogens is 3. The Morgan fingerprint density at radius 1 is 1.07 bits per heavy atom. The molecule has 4 aromatic rings. The second kappa shape index (κ2) is 7.63. The molecule has 2 aromatic carbocycles. The molecule has 0 aliphatic rings. The molecule has 0 fully saturated rings. The fraction of sp³-hybridized carbons (Fsp3) is 0.208. The molecule has 0 bridgehead atoms. The molecule has 0 amide bonds. The molecular formula is C24H23N3O3. The Hall–Kier alpha value is -3.67. The Labute approximate surface area is 174 Å². The van der Waals surface area contributed by atoms with Crippen LogP contribution in [-0.2, 0) is 10.2 Å². The zero-order valence-electron chi connectivity index (χ0n) is 17.2. The van der Waals surface area contributed by atoms with Gasteiger partial charge in [-0.05, 0) is 23.6 Å². The number of aromatic amines is 1. The molecule has 30 heavy (non-hydrogen) atoms. The van der Waals surface area contributed by atoms with E-state index in [9.17, 15) is 9.59 Å². The van der Waals surface area contributed by atoms with E-state index in [1.165, 1.54) is 21.8 Å². The highest BCUT2D eigenvalue weighted by Gasteiger charge is 2.23. The van der Waals surface area contributed by atoms with Gasteiger partial charge in [-0.2, -0.15) is 0 Å². The maximum Gasteiger partial charge on any atom is 0.345 e. The van der Waals surface area contributed by atoms with Crippen LogP contribution in [0.4, 0.5) is 0 Å². The van der Waals surface area contributed by atoms with Gasteiger partial charge in [-0.15, -0.1) is 0 Å². The number of nitrogens with one attached hydrogen (secondary N) is 1. The fourth-order valence-corrected chi connectivity index (χ4v) is 3.61. The van der Waals surface area contributed by atoms with E-state index in [1.54, 1.807) is 13.1 Å². The average molecular weight is 401 g/mol. The molecule has 152 valence electrons. The summed E-state index contributed by atoms with van der Waals surface area (Å²) in [6.07, 6.45) is 3.00. The van der Waals surface area contributed by atoms with Crippen molar-refractivity contribution in [1.29, 1.82) is 0 Å². The number of esters is 1. The lowest BCUT2D eigenvalue weighted by atomic mass is 9.78. The highest BCUT2D eigenvalue weighted by molar-refractivity contribution is 5.89. The minimum absolute atomic E-state index is 0.0947. The van der Waals surface area contributed by atoms with Crippen LogP contribution >= 0.6 is 0 Å². The van der Waals surface area contributed by atoms with Gasteiger partial charge in [0.25, 0.3) is 5.56 Å². The maximum atomic E-state index is 12.6. The Morgan fingerprint density at radius 2 is 1.73 bits per heavy atom. The van der Waals surface area contributed by atoms with Crippen molar-refractivity contribution in [2.24, 2.45) is 0 Å². The number of fused-ring (bicyclic) bond motifs is 1. The van der Waals surface area contributed by atoms with Crippen molar-refractivity contribution in [3.63, 3.8) is 0 Å². The number of hydrogen-bond acceptors (Lipinski definition) is 4. The Bertz CT molecular complexity index is 1250. The number of hydrogen-bond donors (Lipinski definition) is 1. The van der Waals surface area contributed by atoms with Gasteiger partial charge in [0.1, 0.15) is 5.56 Å². The Kier molecular flexibility index (Phi) is 4.99. The summed E-state index contributed by atoms with van der Waals surface area (Å²) in [4.78, 5) is 28.9. The van der Waals surface area contributed by atoms with E-state index in [2.05, 4.69) is 48.2 Å². The quantitative estimate of drug-likeness (QED) is 0.509. The first-order chi connectivity index (χ1) is 14.4. The Balaban J connectivity index is 1.71. The summed E-state index contributed by atoms with van der Waals surface area (Å²) in [7, 11) is 0. The van der Waals surface area contributed by atoms with E-state index in [1.807, 2.05) is 30.3 Å². The van der Waals surface area contributed by atoms with E-state index in [0.717, 1.165) is 11.1 Å². The lowest BCUT2D eigenvalue weighted by molar-refractivity contribution is 0.0523. The van der Waals surface area contributed by atoms with Gasteiger partial charge in [-0.1, -0.05) is 68.4 Å². The van der Waals surface area contributed by atoms with Crippen LogP contribution in [0.3, 0.4) is 0 Å². The molecule has 0 atom stereocenters. The van der Waals surface area contributed by atoms with Crippen LogP contribution in [0.25, 0.3) is 16.8 Å². The van der Waals surface area contributed by atoms with E-state index in [0.29, 0.717) is 5.65 Å². The van der Waals surface area contributed by atoms with Crippen molar-refractivity contribution in [2.75, 3.05) is 6.61 Å². The van der Waals surface area contributed by atoms with Gasteiger partial charge in [0.15, 0.2) is 5.65 Å². The van der Waals surface area contributed by atoms with Crippen LogP contribution in [-0.4, -0.2) is 27.2 Å². The molecule has 0 saturated carbocycles. The molecule has 4 rings (SSSR count). The van der Waals surface area contributed by atoms with Crippen molar-refractivity contribution < 1.29 is 9.53 Å². The fourth-order valence-electron chi connectivity index (χ4n) is 3.61. The molecule has 0 aliphatic heterocycles. The van der Waals surface area contributed by atoms with Gasteiger partial charge < -0.3 is 4.74 Å². The molecule has 6 nitrogen and oxygen atoms in total. The topological polar surface area (TPSA) is 76.5 Å². The summed E-state index contributed by atoms with van der Waals surface area (Å²) < 4.78 is 6.19. The van der Waals surface area contributed by atoms with E-state index in [4.69, 9.17) is 4.74 Å². The SMILES string of the molecule is CCOC(=O)c1cnc2c(-c3ccc(C(C)(C)c4ccccc4)cc3)c[nH]n2c1=O. The van der Waals surface area contributed by atoms with Gasteiger partial charge in [0, 0.05) is 23.4 Å². The summed E-state index contributed by atoms with van der Waals surface area (Å²) in [5.41, 5.74) is 3.89. The molecule has 0 radical (unpaired) electrons. The van der Waals surface area contributed by atoms with Crippen LogP contribution in [0.5, 0.6) is 0 Å². The molecule has 0 aliphatic carbocycles. The maximum absolute atomic E-state index is 12.6. The number of carbonyl (C=O) groups excluding carboxylic acids is 1. The predicted octanol–water partition coefficient (Wildman–Crippen LogP) is 4.19. The highest BCUT2D eigenvalue weighted by Crippen LogP contribution is 2.33. The first-order valence-corrected chi connectivity index (χ1v) is 9.86. The largest absolute Gasteiger partial charge is 0.462 e. The van der Waals surface area contributed by atoms with Crippen molar-refractivity contribution >= 4 is 11.6 Å². The smallest absolute Gasteiger partial charge is 0.345 e. The van der Waals surface area contributed by atoms with E-state index in [-0.39, 0.29) is 17.6 Å². The average Bonchev–Trinajstić information content (AvgIpc) is 3.20. The standard InChI is InChI=1S/C24H23N3O3/c1-4-30-23(29)20-14-25-21-19(15-26-27(21)22(20)28)16-10-12-18(13-11-16)24(2,3)17-8-6-5-7-9-17/h5-15,26H,4H2,1-3H3. The number of carbonyl (C=O) groups is 1. The number of nitrogens with zero attached hydrogens (tertiary/aromatic N) is 2. The highest BCUT2D eigenvalue weighted by atomic mass is 16.5. The number of benzene rings is 2. The minimum atomic E-state index is -0.673. The van der Waals surface area contributed by atoms with Crippen LogP contribution < -0.4 is 5.56 Å². The van der Waals surface area contributed by atoms with Gasteiger partial charge in [-0.25, -0.2) is 14.3 Å². The molecule has 2 aromatic heterocycles.